The largest absolute Gasteiger partial charge is 0.421 e. The van der Waals surface area contributed by atoms with E-state index in [0.29, 0.717) is 11.4 Å². The zero-order valence-electron chi connectivity index (χ0n) is 8.64. The zero-order chi connectivity index (χ0) is 11.5. The van der Waals surface area contributed by atoms with Crippen molar-refractivity contribution in [1.29, 1.82) is 0 Å². The summed E-state index contributed by atoms with van der Waals surface area (Å²) in [5, 5.41) is 1.79. The summed E-state index contributed by atoms with van der Waals surface area (Å²) in [6.07, 6.45) is 1.11. The third kappa shape index (κ3) is 1.75. The lowest BCUT2D eigenvalue weighted by molar-refractivity contribution is -0.128. The van der Waals surface area contributed by atoms with E-state index in [1.807, 2.05) is 30.3 Å². The molecule has 0 unspecified atom stereocenters. The van der Waals surface area contributed by atoms with Gasteiger partial charge in [0.15, 0.2) is 5.75 Å². The van der Waals surface area contributed by atoms with Gasteiger partial charge in [-0.05, 0) is 11.5 Å². The van der Waals surface area contributed by atoms with Crippen molar-refractivity contribution in [3.63, 3.8) is 0 Å². The fourth-order valence-electron chi connectivity index (χ4n) is 1.52. The van der Waals surface area contributed by atoms with Gasteiger partial charge in [-0.1, -0.05) is 36.9 Å². The van der Waals surface area contributed by atoms with Crippen LogP contribution in [0, 0.1) is 0 Å². The molecule has 2 aromatic rings. The van der Waals surface area contributed by atoms with Gasteiger partial charge in [-0.2, -0.15) is 0 Å². The third-order valence-corrected chi connectivity index (χ3v) is 2.28. The molecule has 0 bridgehead atoms. The Kier molecular flexibility index (Phi) is 2.60. The van der Waals surface area contributed by atoms with Crippen molar-refractivity contribution in [2.45, 2.75) is 0 Å². The van der Waals surface area contributed by atoms with E-state index < -0.39 is 5.97 Å². The summed E-state index contributed by atoms with van der Waals surface area (Å²) in [6.45, 7) is 3.35. The van der Waals surface area contributed by atoms with Gasteiger partial charge in [0.05, 0.1) is 5.69 Å². The summed E-state index contributed by atoms with van der Waals surface area (Å²) < 4.78 is 5.13. The SMILES string of the molecule is C=CC(=O)Oc1c(N)ccc2ccccc12. The quantitative estimate of drug-likeness (QED) is 0.361. The fraction of sp³-hybridized carbons (Fsp3) is 0. The monoisotopic (exact) mass is 213 g/mol. The first-order chi connectivity index (χ1) is 7.72. The Hall–Kier alpha value is -2.29. The number of fused-ring (bicyclic) bond motifs is 1. The number of benzene rings is 2. The van der Waals surface area contributed by atoms with Gasteiger partial charge in [0, 0.05) is 11.5 Å². The van der Waals surface area contributed by atoms with Crippen LogP contribution in [0.5, 0.6) is 5.75 Å². The smallest absolute Gasteiger partial charge is 0.335 e. The third-order valence-electron chi connectivity index (χ3n) is 2.28. The molecule has 0 amide bonds. The molecule has 0 saturated carbocycles. The molecule has 0 heterocycles. The van der Waals surface area contributed by atoms with Gasteiger partial charge in [-0.25, -0.2) is 4.79 Å². The van der Waals surface area contributed by atoms with Crippen LogP contribution in [0.2, 0.25) is 0 Å². The molecule has 0 aliphatic rings. The zero-order valence-corrected chi connectivity index (χ0v) is 8.64. The fourth-order valence-corrected chi connectivity index (χ4v) is 1.52. The molecule has 0 fully saturated rings. The lowest BCUT2D eigenvalue weighted by Crippen LogP contribution is -2.05. The first-order valence-electron chi connectivity index (χ1n) is 4.84. The average Bonchev–Trinajstić information content (AvgIpc) is 2.32. The molecule has 0 radical (unpaired) electrons. The van der Waals surface area contributed by atoms with Crippen LogP contribution in [-0.4, -0.2) is 5.97 Å². The summed E-state index contributed by atoms with van der Waals surface area (Å²) in [5.41, 5.74) is 6.22. The molecule has 0 spiro atoms. The normalized spacial score (nSPS) is 10.0. The second-order valence-corrected chi connectivity index (χ2v) is 3.33. The molecular formula is C13H11NO2. The van der Waals surface area contributed by atoms with Crippen LogP contribution >= 0.6 is 0 Å². The first-order valence-corrected chi connectivity index (χ1v) is 4.84. The predicted octanol–water partition coefficient (Wildman–Crippen LogP) is 2.51. The predicted molar refractivity (Wildman–Crippen MR) is 64.2 cm³/mol. The van der Waals surface area contributed by atoms with Crippen LogP contribution in [0.15, 0.2) is 49.1 Å². The number of hydrogen-bond donors (Lipinski definition) is 1. The standard InChI is InChI=1S/C13H11NO2/c1-2-12(15)16-13-10-6-4-3-5-9(10)7-8-11(13)14/h2-8H,1,14H2. The molecule has 80 valence electrons. The minimum absolute atomic E-state index is 0.392. The van der Waals surface area contributed by atoms with Crippen LogP contribution in [0.1, 0.15) is 0 Å². The Bertz CT molecular complexity index is 561. The lowest BCUT2D eigenvalue weighted by Gasteiger charge is -2.08. The maximum Gasteiger partial charge on any atom is 0.335 e. The van der Waals surface area contributed by atoms with Gasteiger partial charge in [0.2, 0.25) is 0 Å². The van der Waals surface area contributed by atoms with Crippen molar-refractivity contribution in [2.75, 3.05) is 5.73 Å². The number of carbonyl (C=O) groups is 1. The maximum absolute atomic E-state index is 11.2. The summed E-state index contributed by atoms with van der Waals surface area (Å²) >= 11 is 0. The van der Waals surface area contributed by atoms with E-state index in [-0.39, 0.29) is 0 Å². The second-order valence-electron chi connectivity index (χ2n) is 3.33. The van der Waals surface area contributed by atoms with Crippen molar-refractivity contribution in [3.05, 3.63) is 49.1 Å². The van der Waals surface area contributed by atoms with E-state index in [0.717, 1.165) is 16.8 Å². The summed E-state index contributed by atoms with van der Waals surface area (Å²) in [5.74, 6) is -0.119. The van der Waals surface area contributed by atoms with E-state index in [9.17, 15) is 4.79 Å². The molecule has 0 atom stereocenters. The number of nitrogen functional groups attached to an aromatic ring is 1. The lowest BCUT2D eigenvalue weighted by atomic mass is 10.1. The minimum Gasteiger partial charge on any atom is -0.421 e. The Morgan fingerprint density at radius 1 is 1.25 bits per heavy atom. The molecule has 3 nitrogen and oxygen atoms in total. The van der Waals surface area contributed by atoms with E-state index in [1.54, 1.807) is 6.07 Å². The maximum atomic E-state index is 11.2. The van der Waals surface area contributed by atoms with Gasteiger partial charge in [-0.15, -0.1) is 0 Å². The Morgan fingerprint density at radius 3 is 2.75 bits per heavy atom. The molecule has 0 saturated heterocycles. The molecular weight excluding hydrogens is 202 g/mol. The minimum atomic E-state index is -0.511. The summed E-state index contributed by atoms with van der Waals surface area (Å²) in [7, 11) is 0. The Labute approximate surface area is 93.1 Å². The number of hydrogen-bond acceptors (Lipinski definition) is 3. The number of anilines is 1. The number of carbonyl (C=O) groups excluding carboxylic acids is 1. The molecule has 0 aliphatic heterocycles. The average molecular weight is 213 g/mol. The molecule has 2 rings (SSSR count). The van der Waals surface area contributed by atoms with E-state index in [2.05, 4.69) is 6.58 Å². The summed E-state index contributed by atoms with van der Waals surface area (Å²) in [6, 6.07) is 11.2. The van der Waals surface area contributed by atoms with E-state index in [4.69, 9.17) is 10.5 Å². The van der Waals surface area contributed by atoms with Crippen LogP contribution in [0.25, 0.3) is 10.8 Å². The van der Waals surface area contributed by atoms with Crippen LogP contribution < -0.4 is 10.5 Å². The number of nitrogens with two attached hydrogens (primary N) is 1. The van der Waals surface area contributed by atoms with Gasteiger partial charge in [0.25, 0.3) is 0 Å². The highest BCUT2D eigenvalue weighted by molar-refractivity contribution is 5.96. The summed E-state index contributed by atoms with van der Waals surface area (Å²) in [4.78, 5) is 11.2. The molecule has 3 heteroatoms. The molecule has 2 aromatic carbocycles. The topological polar surface area (TPSA) is 52.3 Å². The van der Waals surface area contributed by atoms with Gasteiger partial charge >= 0.3 is 5.97 Å². The molecule has 2 N–H and O–H groups in total. The number of esters is 1. The second kappa shape index (κ2) is 4.06. The van der Waals surface area contributed by atoms with E-state index in [1.165, 1.54) is 0 Å². The highest BCUT2D eigenvalue weighted by Crippen LogP contribution is 2.31. The number of ether oxygens (including phenoxy) is 1. The van der Waals surface area contributed by atoms with Crippen molar-refractivity contribution in [2.24, 2.45) is 0 Å². The van der Waals surface area contributed by atoms with E-state index >= 15 is 0 Å². The Balaban J connectivity index is 2.61. The molecule has 0 aliphatic carbocycles. The number of rotatable bonds is 2. The highest BCUT2D eigenvalue weighted by Gasteiger charge is 2.08. The van der Waals surface area contributed by atoms with Crippen LogP contribution in [-0.2, 0) is 4.79 Å². The van der Waals surface area contributed by atoms with Crippen LogP contribution in [0.3, 0.4) is 0 Å². The Morgan fingerprint density at radius 2 is 2.00 bits per heavy atom. The molecule has 0 aromatic heterocycles. The van der Waals surface area contributed by atoms with Crippen LogP contribution in [0.4, 0.5) is 5.69 Å². The van der Waals surface area contributed by atoms with Gasteiger partial charge < -0.3 is 10.5 Å². The van der Waals surface area contributed by atoms with Gasteiger partial charge in [0.1, 0.15) is 0 Å². The van der Waals surface area contributed by atoms with Gasteiger partial charge in [-0.3, -0.25) is 0 Å². The van der Waals surface area contributed by atoms with Crippen molar-refractivity contribution in [3.8, 4) is 5.75 Å². The van der Waals surface area contributed by atoms with Crippen molar-refractivity contribution >= 4 is 22.4 Å². The highest BCUT2D eigenvalue weighted by atomic mass is 16.5. The van der Waals surface area contributed by atoms with Crippen molar-refractivity contribution < 1.29 is 9.53 Å². The molecule has 16 heavy (non-hydrogen) atoms. The van der Waals surface area contributed by atoms with Crippen molar-refractivity contribution in [1.82, 2.24) is 0 Å². The first kappa shape index (κ1) is 10.2.